The number of rotatable bonds is 2. The quantitative estimate of drug-likeness (QED) is 0.672. The van der Waals surface area contributed by atoms with E-state index in [4.69, 9.17) is 0 Å². The van der Waals surface area contributed by atoms with Crippen molar-refractivity contribution >= 4 is 11.8 Å². The van der Waals surface area contributed by atoms with Gasteiger partial charge in [-0.25, -0.2) is 0 Å². The lowest BCUT2D eigenvalue weighted by atomic mass is 9.98. The highest BCUT2D eigenvalue weighted by Crippen LogP contribution is 2.25. The van der Waals surface area contributed by atoms with Gasteiger partial charge in [-0.05, 0) is 55.7 Å². The van der Waals surface area contributed by atoms with Crippen molar-refractivity contribution in [2.24, 2.45) is 11.8 Å². The number of piperidine rings is 1. The molecule has 0 aromatic heterocycles. The molecule has 0 saturated carbocycles. The molecule has 2 aliphatic rings. The Morgan fingerprint density at radius 3 is 2.62 bits per heavy atom. The molecule has 0 aliphatic carbocycles. The fraction of sp³-hybridized carbons (Fsp3) is 1.00. The Morgan fingerprint density at radius 1 is 1.23 bits per heavy atom. The molecule has 0 aromatic carbocycles. The molecule has 0 bridgehead atoms. The summed E-state index contributed by atoms with van der Waals surface area (Å²) in [6.07, 6.45) is 4.33. The predicted molar refractivity (Wildman–Crippen MR) is 60.3 cm³/mol. The summed E-state index contributed by atoms with van der Waals surface area (Å²) in [6, 6.07) is 0. The molecule has 2 saturated heterocycles. The second-order valence-corrected chi connectivity index (χ2v) is 5.86. The van der Waals surface area contributed by atoms with Crippen LogP contribution in [-0.4, -0.2) is 36.0 Å². The van der Waals surface area contributed by atoms with Crippen LogP contribution in [0, 0.1) is 11.8 Å². The maximum atomic E-state index is 2.69. The molecule has 76 valence electrons. The number of hydrogen-bond acceptors (Lipinski definition) is 2. The molecule has 0 N–H and O–H groups in total. The zero-order chi connectivity index (χ0) is 9.10. The van der Waals surface area contributed by atoms with E-state index < -0.39 is 0 Å². The van der Waals surface area contributed by atoms with Gasteiger partial charge in [0.25, 0.3) is 0 Å². The molecule has 1 atom stereocenters. The standard InChI is InChI=1S/C11H21NS/c1-10-2-5-12(6-3-10)8-11-4-7-13-9-11/h10-11H,2-9H2,1H3. The first kappa shape index (κ1) is 9.85. The molecule has 1 nitrogen and oxygen atoms in total. The Balaban J connectivity index is 1.69. The van der Waals surface area contributed by atoms with E-state index >= 15 is 0 Å². The van der Waals surface area contributed by atoms with Crippen LogP contribution in [0.1, 0.15) is 26.2 Å². The van der Waals surface area contributed by atoms with Crippen LogP contribution >= 0.6 is 11.8 Å². The third-order valence-electron chi connectivity index (χ3n) is 3.42. The van der Waals surface area contributed by atoms with Crippen molar-refractivity contribution in [3.8, 4) is 0 Å². The van der Waals surface area contributed by atoms with Crippen molar-refractivity contribution in [3.05, 3.63) is 0 Å². The van der Waals surface area contributed by atoms with E-state index in [2.05, 4.69) is 23.6 Å². The topological polar surface area (TPSA) is 3.24 Å². The monoisotopic (exact) mass is 199 g/mol. The van der Waals surface area contributed by atoms with Crippen LogP contribution in [0.25, 0.3) is 0 Å². The van der Waals surface area contributed by atoms with Crippen molar-refractivity contribution in [2.45, 2.75) is 26.2 Å². The van der Waals surface area contributed by atoms with Crippen molar-refractivity contribution in [3.63, 3.8) is 0 Å². The van der Waals surface area contributed by atoms with Crippen LogP contribution in [-0.2, 0) is 0 Å². The Labute approximate surface area is 86.3 Å². The minimum Gasteiger partial charge on any atom is -0.303 e. The molecule has 13 heavy (non-hydrogen) atoms. The predicted octanol–water partition coefficient (Wildman–Crippen LogP) is 2.47. The summed E-state index contributed by atoms with van der Waals surface area (Å²) in [5.74, 6) is 4.83. The second kappa shape index (κ2) is 4.70. The molecule has 2 heterocycles. The minimum absolute atomic E-state index is 0.981. The van der Waals surface area contributed by atoms with E-state index in [1.54, 1.807) is 0 Å². The molecule has 1 unspecified atom stereocenters. The molecule has 2 heteroatoms. The highest BCUT2D eigenvalue weighted by molar-refractivity contribution is 7.99. The zero-order valence-electron chi connectivity index (χ0n) is 8.67. The summed E-state index contributed by atoms with van der Waals surface area (Å²) >= 11 is 2.14. The summed E-state index contributed by atoms with van der Waals surface area (Å²) in [6.45, 7) is 6.51. The van der Waals surface area contributed by atoms with Crippen LogP contribution in [0.4, 0.5) is 0 Å². The molecular formula is C11H21NS. The molecule has 2 aliphatic heterocycles. The van der Waals surface area contributed by atoms with Gasteiger partial charge in [0, 0.05) is 6.54 Å². The van der Waals surface area contributed by atoms with Crippen LogP contribution in [0.3, 0.4) is 0 Å². The first-order valence-electron chi connectivity index (χ1n) is 5.64. The Kier molecular flexibility index (Phi) is 3.56. The average molecular weight is 199 g/mol. The summed E-state index contributed by atoms with van der Waals surface area (Å²) in [5, 5.41) is 0. The van der Waals surface area contributed by atoms with E-state index in [9.17, 15) is 0 Å². The van der Waals surface area contributed by atoms with Gasteiger partial charge in [-0.15, -0.1) is 0 Å². The van der Waals surface area contributed by atoms with E-state index in [1.165, 1.54) is 50.4 Å². The molecule has 0 amide bonds. The van der Waals surface area contributed by atoms with Crippen molar-refractivity contribution in [2.75, 3.05) is 31.1 Å². The van der Waals surface area contributed by atoms with E-state index in [1.807, 2.05) is 0 Å². The SMILES string of the molecule is CC1CCN(CC2CCSC2)CC1. The van der Waals surface area contributed by atoms with E-state index in [-0.39, 0.29) is 0 Å². The van der Waals surface area contributed by atoms with E-state index in [0.717, 1.165) is 11.8 Å². The number of thioether (sulfide) groups is 1. The normalized spacial score (nSPS) is 32.5. The molecule has 0 aromatic rings. The third kappa shape index (κ3) is 2.88. The molecule has 2 fully saturated rings. The lowest BCUT2D eigenvalue weighted by Crippen LogP contribution is -2.36. The van der Waals surface area contributed by atoms with Crippen LogP contribution < -0.4 is 0 Å². The van der Waals surface area contributed by atoms with Gasteiger partial charge in [0.15, 0.2) is 0 Å². The highest BCUT2D eigenvalue weighted by Gasteiger charge is 2.21. The Morgan fingerprint density at radius 2 is 2.00 bits per heavy atom. The number of likely N-dealkylation sites (tertiary alicyclic amines) is 1. The molecular weight excluding hydrogens is 178 g/mol. The minimum atomic E-state index is 0.981. The summed E-state index contributed by atoms with van der Waals surface area (Å²) in [5.41, 5.74) is 0. The molecule has 2 rings (SSSR count). The lowest BCUT2D eigenvalue weighted by molar-refractivity contribution is 0.172. The lowest BCUT2D eigenvalue weighted by Gasteiger charge is -2.31. The maximum absolute atomic E-state index is 2.69. The average Bonchev–Trinajstić information content (AvgIpc) is 2.62. The molecule has 0 radical (unpaired) electrons. The molecule has 0 spiro atoms. The fourth-order valence-electron chi connectivity index (χ4n) is 2.34. The fourth-order valence-corrected chi connectivity index (χ4v) is 3.61. The van der Waals surface area contributed by atoms with Crippen LogP contribution in [0.5, 0.6) is 0 Å². The van der Waals surface area contributed by atoms with Gasteiger partial charge in [-0.2, -0.15) is 11.8 Å². The van der Waals surface area contributed by atoms with Gasteiger partial charge in [0.2, 0.25) is 0 Å². The summed E-state index contributed by atoms with van der Waals surface area (Å²) < 4.78 is 0. The van der Waals surface area contributed by atoms with Gasteiger partial charge < -0.3 is 4.90 Å². The summed E-state index contributed by atoms with van der Waals surface area (Å²) in [4.78, 5) is 2.69. The van der Waals surface area contributed by atoms with Gasteiger partial charge in [0.1, 0.15) is 0 Å². The first-order chi connectivity index (χ1) is 6.34. The smallest absolute Gasteiger partial charge is 0.00178 e. The second-order valence-electron chi connectivity index (χ2n) is 4.71. The van der Waals surface area contributed by atoms with Gasteiger partial charge >= 0.3 is 0 Å². The van der Waals surface area contributed by atoms with E-state index in [0.29, 0.717) is 0 Å². The third-order valence-corrected chi connectivity index (χ3v) is 4.65. The highest BCUT2D eigenvalue weighted by atomic mass is 32.2. The zero-order valence-corrected chi connectivity index (χ0v) is 9.48. The van der Waals surface area contributed by atoms with Crippen molar-refractivity contribution in [1.82, 2.24) is 4.90 Å². The van der Waals surface area contributed by atoms with Crippen molar-refractivity contribution in [1.29, 1.82) is 0 Å². The van der Waals surface area contributed by atoms with Crippen molar-refractivity contribution < 1.29 is 0 Å². The van der Waals surface area contributed by atoms with Crippen LogP contribution in [0.15, 0.2) is 0 Å². The van der Waals surface area contributed by atoms with Gasteiger partial charge in [-0.1, -0.05) is 6.92 Å². The van der Waals surface area contributed by atoms with Gasteiger partial charge in [-0.3, -0.25) is 0 Å². The number of hydrogen-bond donors (Lipinski definition) is 0. The Bertz CT molecular complexity index is 146. The van der Waals surface area contributed by atoms with Gasteiger partial charge in [0.05, 0.1) is 0 Å². The van der Waals surface area contributed by atoms with Crippen LogP contribution in [0.2, 0.25) is 0 Å². The Hall–Kier alpha value is 0.310. The number of nitrogens with zero attached hydrogens (tertiary/aromatic N) is 1. The first-order valence-corrected chi connectivity index (χ1v) is 6.80. The summed E-state index contributed by atoms with van der Waals surface area (Å²) in [7, 11) is 0. The largest absolute Gasteiger partial charge is 0.303 e. The maximum Gasteiger partial charge on any atom is 0.00178 e.